The summed E-state index contributed by atoms with van der Waals surface area (Å²) in [6.45, 7) is 2.42. The van der Waals surface area contributed by atoms with Gasteiger partial charge in [0.1, 0.15) is 18.0 Å². The van der Waals surface area contributed by atoms with Gasteiger partial charge >= 0.3 is 17.9 Å². The molecule has 4 aliphatic rings. The fourth-order valence-electron chi connectivity index (χ4n) is 7.24. The van der Waals surface area contributed by atoms with Crippen LogP contribution < -0.4 is 9.47 Å². The van der Waals surface area contributed by atoms with Gasteiger partial charge in [-0.15, -0.1) is 0 Å². The Kier molecular flexibility index (Phi) is 7.49. The van der Waals surface area contributed by atoms with Gasteiger partial charge in [0.25, 0.3) is 0 Å². The van der Waals surface area contributed by atoms with Gasteiger partial charge in [0.2, 0.25) is 0 Å². The molecule has 5 atom stereocenters. The normalized spacial score (nSPS) is 28.6. The summed E-state index contributed by atoms with van der Waals surface area (Å²) in [5, 5.41) is 0. The largest absolute Gasteiger partial charge is 0.481 e. The lowest BCUT2D eigenvalue weighted by atomic mass is 9.51. The number of ether oxygens (including phenoxy) is 4. The standard InChI is InChI=1S/C29H37NO8/c1-17(31)6-4-8-24(33)36-21-12-10-18-16-20-19-11-13-22(37-25(34)9-5-7-23(32)35-3)28-29(19,14-15-30(20)2)26(18)27(21)38-28/h10,12,19-20,22,28H,4-9,11,13-16H2,1-3H3/t19-,20+,22-,28-,29?/m0/s1. The number of rotatable bonds is 10. The number of hydrogen-bond donors (Lipinski definition) is 0. The zero-order chi connectivity index (χ0) is 27.0. The van der Waals surface area contributed by atoms with Crippen LogP contribution in [0, 0.1) is 5.92 Å². The Morgan fingerprint density at radius 1 is 1.03 bits per heavy atom. The van der Waals surface area contributed by atoms with Crippen LogP contribution in [0.4, 0.5) is 0 Å². The Hall–Kier alpha value is -2.94. The van der Waals surface area contributed by atoms with Crippen molar-refractivity contribution < 1.29 is 38.1 Å². The van der Waals surface area contributed by atoms with Crippen LogP contribution >= 0.6 is 0 Å². The minimum atomic E-state index is -0.418. The molecule has 5 rings (SSSR count). The lowest BCUT2D eigenvalue weighted by Crippen LogP contribution is -2.66. The van der Waals surface area contributed by atoms with E-state index in [1.54, 1.807) is 0 Å². The highest BCUT2D eigenvalue weighted by molar-refractivity contribution is 5.78. The SMILES string of the molecule is COC(=O)CCCC(=O)O[C@H]1CC[C@H]2[C@H]3Cc4ccc(OC(=O)CCCC(C)=O)c5c4C2(CCN3C)[C@H]1O5. The molecule has 1 saturated heterocycles. The van der Waals surface area contributed by atoms with Gasteiger partial charge in [-0.25, -0.2) is 0 Å². The van der Waals surface area contributed by atoms with Crippen molar-refractivity contribution in [3.63, 3.8) is 0 Å². The molecule has 0 amide bonds. The summed E-state index contributed by atoms with van der Waals surface area (Å²) in [4.78, 5) is 50.5. The summed E-state index contributed by atoms with van der Waals surface area (Å²) in [5.41, 5.74) is 2.03. The number of carbonyl (C=O) groups excluding carboxylic acids is 4. The molecule has 2 bridgehead atoms. The lowest BCUT2D eigenvalue weighted by molar-refractivity contribution is -0.166. The van der Waals surface area contributed by atoms with Crippen molar-refractivity contribution in [2.24, 2.45) is 5.92 Å². The molecule has 1 aromatic rings. The second kappa shape index (κ2) is 10.7. The number of likely N-dealkylation sites (tertiary alicyclic amines) is 1. The minimum absolute atomic E-state index is 0.0467. The second-order valence-electron chi connectivity index (χ2n) is 11.2. The van der Waals surface area contributed by atoms with E-state index < -0.39 is 6.10 Å². The Bertz CT molecular complexity index is 1130. The minimum Gasteiger partial charge on any atom is -0.481 e. The summed E-state index contributed by atoms with van der Waals surface area (Å²) in [6.07, 6.45) is 4.28. The highest BCUT2D eigenvalue weighted by Crippen LogP contribution is 2.64. The molecule has 1 spiro atoms. The van der Waals surface area contributed by atoms with Gasteiger partial charge in [-0.2, -0.15) is 0 Å². The highest BCUT2D eigenvalue weighted by atomic mass is 16.6. The van der Waals surface area contributed by atoms with Crippen LogP contribution in [0.3, 0.4) is 0 Å². The first-order valence-electron chi connectivity index (χ1n) is 13.7. The smallest absolute Gasteiger partial charge is 0.311 e. The number of piperidine rings is 1. The van der Waals surface area contributed by atoms with Crippen LogP contribution in [-0.2, 0) is 40.5 Å². The maximum Gasteiger partial charge on any atom is 0.311 e. The van der Waals surface area contributed by atoms with E-state index in [0.717, 1.165) is 31.4 Å². The van der Waals surface area contributed by atoms with E-state index in [9.17, 15) is 19.2 Å². The third-order valence-corrected chi connectivity index (χ3v) is 8.93. The number of likely N-dealkylation sites (N-methyl/N-ethyl adjacent to an activating group) is 1. The summed E-state index contributed by atoms with van der Waals surface area (Å²) >= 11 is 0. The number of Topliss-reactive ketones (excluding diaryl/α,β-unsaturated/α-hetero) is 1. The third kappa shape index (κ3) is 4.70. The number of ketones is 1. The molecule has 2 fully saturated rings. The summed E-state index contributed by atoms with van der Waals surface area (Å²) in [6, 6.07) is 4.24. The molecule has 9 heteroatoms. The van der Waals surface area contributed by atoms with Gasteiger partial charge in [-0.1, -0.05) is 6.07 Å². The van der Waals surface area contributed by atoms with E-state index in [1.165, 1.54) is 19.6 Å². The first-order chi connectivity index (χ1) is 18.2. The monoisotopic (exact) mass is 527 g/mol. The lowest BCUT2D eigenvalue weighted by Gasteiger charge is -2.58. The molecule has 0 N–H and O–H groups in total. The van der Waals surface area contributed by atoms with Crippen LogP contribution in [-0.4, -0.2) is 67.5 Å². The van der Waals surface area contributed by atoms with Crippen LogP contribution in [0.25, 0.3) is 0 Å². The van der Waals surface area contributed by atoms with Crippen LogP contribution in [0.1, 0.15) is 75.8 Å². The Balaban J connectivity index is 1.40. The van der Waals surface area contributed by atoms with Crippen LogP contribution in [0.15, 0.2) is 12.1 Å². The predicted molar refractivity (Wildman–Crippen MR) is 136 cm³/mol. The van der Waals surface area contributed by atoms with Gasteiger partial charge in [-0.05, 0) is 76.6 Å². The number of hydrogen-bond acceptors (Lipinski definition) is 9. The van der Waals surface area contributed by atoms with E-state index in [4.69, 9.17) is 14.2 Å². The van der Waals surface area contributed by atoms with E-state index in [-0.39, 0.29) is 54.5 Å². The molecule has 9 nitrogen and oxygen atoms in total. The average molecular weight is 528 g/mol. The number of carbonyl (C=O) groups is 4. The number of benzene rings is 1. The average Bonchev–Trinajstić information content (AvgIpc) is 3.23. The van der Waals surface area contributed by atoms with Crippen LogP contribution in [0.2, 0.25) is 0 Å². The van der Waals surface area contributed by atoms with Gasteiger partial charge in [-0.3, -0.25) is 14.4 Å². The fraction of sp³-hybridized carbons (Fsp3) is 0.655. The zero-order valence-corrected chi connectivity index (χ0v) is 22.5. The van der Waals surface area contributed by atoms with Crippen molar-refractivity contribution in [2.45, 2.75) is 94.8 Å². The van der Waals surface area contributed by atoms with Crippen molar-refractivity contribution in [2.75, 3.05) is 20.7 Å². The first-order valence-corrected chi connectivity index (χ1v) is 13.7. The maximum atomic E-state index is 12.8. The Morgan fingerprint density at radius 3 is 2.53 bits per heavy atom. The van der Waals surface area contributed by atoms with Crippen molar-refractivity contribution in [1.29, 1.82) is 0 Å². The predicted octanol–water partition coefficient (Wildman–Crippen LogP) is 3.28. The molecule has 206 valence electrons. The molecule has 0 aromatic heterocycles. The summed E-state index contributed by atoms with van der Waals surface area (Å²) in [7, 11) is 3.51. The van der Waals surface area contributed by atoms with E-state index >= 15 is 0 Å². The Morgan fingerprint density at radius 2 is 1.76 bits per heavy atom. The zero-order valence-electron chi connectivity index (χ0n) is 22.5. The first kappa shape index (κ1) is 26.7. The van der Waals surface area contributed by atoms with Gasteiger partial charge in [0.15, 0.2) is 11.5 Å². The van der Waals surface area contributed by atoms with Crippen molar-refractivity contribution in [1.82, 2.24) is 4.90 Å². The quantitative estimate of drug-likeness (QED) is 0.335. The fourth-order valence-corrected chi connectivity index (χ4v) is 7.24. The number of esters is 3. The van der Waals surface area contributed by atoms with Crippen molar-refractivity contribution in [3.05, 3.63) is 23.3 Å². The molecular weight excluding hydrogens is 490 g/mol. The van der Waals surface area contributed by atoms with Gasteiger partial charge < -0.3 is 28.6 Å². The second-order valence-corrected chi connectivity index (χ2v) is 11.2. The van der Waals surface area contributed by atoms with E-state index in [1.807, 2.05) is 6.07 Å². The summed E-state index contributed by atoms with van der Waals surface area (Å²) in [5.74, 6) is 0.337. The number of nitrogens with zero attached hydrogens (tertiary/aromatic N) is 1. The number of methoxy groups -OCH3 is 1. The molecule has 1 saturated carbocycles. The molecule has 1 aromatic carbocycles. The molecule has 2 aliphatic heterocycles. The Labute approximate surface area is 223 Å². The molecule has 38 heavy (non-hydrogen) atoms. The highest BCUT2D eigenvalue weighted by Gasteiger charge is 2.66. The molecular formula is C29H37NO8. The van der Waals surface area contributed by atoms with Crippen molar-refractivity contribution >= 4 is 23.7 Å². The maximum absolute atomic E-state index is 12.8. The van der Waals surface area contributed by atoms with Crippen LogP contribution in [0.5, 0.6) is 11.5 Å². The van der Waals surface area contributed by atoms with Crippen molar-refractivity contribution in [3.8, 4) is 11.5 Å². The topological polar surface area (TPSA) is 108 Å². The molecule has 2 heterocycles. The van der Waals surface area contributed by atoms with Gasteiger partial charge in [0.05, 0.1) is 7.11 Å². The molecule has 0 radical (unpaired) electrons. The third-order valence-electron chi connectivity index (χ3n) is 8.93. The van der Waals surface area contributed by atoms with E-state index in [0.29, 0.717) is 49.1 Å². The van der Waals surface area contributed by atoms with E-state index in [2.05, 4.69) is 22.8 Å². The van der Waals surface area contributed by atoms with Gasteiger partial charge in [0, 0.05) is 42.7 Å². The molecule has 2 aliphatic carbocycles. The molecule has 1 unspecified atom stereocenters. The summed E-state index contributed by atoms with van der Waals surface area (Å²) < 4.78 is 23.1.